The molecule has 8 nitrogen and oxygen atoms in total. The number of rotatable bonds is 9. The summed E-state index contributed by atoms with van der Waals surface area (Å²) in [7, 11) is 3.12. The average molecular weight is 559 g/mol. The Labute approximate surface area is 239 Å². The topological polar surface area (TPSA) is 115 Å². The molecule has 208 valence electrons. The predicted molar refractivity (Wildman–Crippen MR) is 164 cm³/mol. The molecule has 3 amide bonds. The number of carbonyl (C=O) groups excluding carboxylic acids is 2. The number of hydrogen-bond donors (Lipinski definition) is 3. The summed E-state index contributed by atoms with van der Waals surface area (Å²) in [6, 6.07) is 27.5. The first kappa shape index (κ1) is 30.1. The summed E-state index contributed by atoms with van der Waals surface area (Å²) in [4.78, 5) is 29.0. The van der Waals surface area contributed by atoms with Gasteiger partial charge < -0.3 is 26.3 Å². The summed E-state index contributed by atoms with van der Waals surface area (Å²) in [5.74, 6) is 0.887. The number of hydrogen-bond acceptors (Lipinski definition) is 6. The second-order valence-corrected chi connectivity index (χ2v) is 9.63. The third-order valence-electron chi connectivity index (χ3n) is 6.22. The van der Waals surface area contributed by atoms with Gasteiger partial charge in [0.1, 0.15) is 0 Å². The van der Waals surface area contributed by atoms with E-state index >= 15 is 0 Å². The van der Waals surface area contributed by atoms with E-state index < -0.39 is 0 Å². The van der Waals surface area contributed by atoms with Gasteiger partial charge >= 0.3 is 6.03 Å². The minimum Gasteiger partial charge on any atom is -0.493 e. The first-order chi connectivity index (χ1) is 18.9. The number of methoxy groups -OCH3 is 2. The van der Waals surface area contributed by atoms with Crippen LogP contribution in [0.5, 0.6) is 11.5 Å². The molecule has 0 aromatic heterocycles. The summed E-state index contributed by atoms with van der Waals surface area (Å²) in [6.07, 6.45) is 2.00. The predicted octanol–water partition coefficient (Wildman–Crippen LogP) is 7.39. The summed E-state index contributed by atoms with van der Waals surface area (Å²) < 4.78 is 10.8. The zero-order valence-electron chi connectivity index (χ0n) is 23.1. The molecule has 40 heavy (non-hydrogen) atoms. The average Bonchev–Trinajstić information content (AvgIpc) is 2.97. The second-order valence-electron chi connectivity index (χ2n) is 8.75. The second kappa shape index (κ2) is 14.1. The zero-order valence-corrected chi connectivity index (χ0v) is 23.9. The van der Waals surface area contributed by atoms with Crippen LogP contribution in [0.4, 0.5) is 21.9 Å². The van der Waals surface area contributed by atoms with Gasteiger partial charge in [-0.25, -0.2) is 4.79 Å². The van der Waals surface area contributed by atoms with Crippen LogP contribution < -0.4 is 31.2 Å². The van der Waals surface area contributed by atoms with Gasteiger partial charge in [0.15, 0.2) is 11.5 Å². The van der Waals surface area contributed by atoms with Crippen molar-refractivity contribution in [2.45, 2.75) is 18.4 Å². The molecule has 9 heteroatoms. The normalized spacial score (nSPS) is 10.2. The third-order valence-corrected chi connectivity index (χ3v) is 6.96. The van der Waals surface area contributed by atoms with Crippen LogP contribution in [0.3, 0.4) is 0 Å². The number of aryl methyl sites for hydroxylation is 1. The molecule has 4 aromatic rings. The van der Waals surface area contributed by atoms with Gasteiger partial charge in [0, 0.05) is 33.6 Å². The Balaban J connectivity index is 0.00000441. The molecule has 0 saturated carbocycles. The van der Waals surface area contributed by atoms with Crippen molar-refractivity contribution in [3.8, 4) is 11.5 Å². The van der Waals surface area contributed by atoms with Crippen LogP contribution in [0.25, 0.3) is 0 Å². The van der Waals surface area contributed by atoms with Crippen molar-refractivity contribution in [1.82, 2.24) is 6.15 Å². The van der Waals surface area contributed by atoms with Crippen LogP contribution in [0.2, 0.25) is 0 Å². The number of nitrogens with zero attached hydrogens (tertiary/aromatic N) is 1. The van der Waals surface area contributed by atoms with Crippen LogP contribution in [-0.4, -0.2) is 32.4 Å². The van der Waals surface area contributed by atoms with Crippen LogP contribution in [0.1, 0.15) is 21.5 Å². The van der Waals surface area contributed by atoms with E-state index in [9.17, 15) is 9.59 Å². The number of ether oxygens (including phenoxy) is 2. The highest BCUT2D eigenvalue weighted by molar-refractivity contribution is 7.98. The maximum absolute atomic E-state index is 13.5. The summed E-state index contributed by atoms with van der Waals surface area (Å²) in [6.45, 7) is 2.22. The lowest BCUT2D eigenvalue weighted by Crippen LogP contribution is -2.34. The molecule has 0 radical (unpaired) electrons. The van der Waals surface area contributed by atoms with Crippen molar-refractivity contribution >= 4 is 40.8 Å². The number of urea groups is 1. The van der Waals surface area contributed by atoms with Crippen LogP contribution in [0, 0.1) is 6.92 Å². The maximum atomic E-state index is 13.5. The molecule has 0 fully saturated rings. The van der Waals surface area contributed by atoms with Gasteiger partial charge in [-0.2, -0.15) is 0 Å². The Kier molecular flexibility index (Phi) is 10.6. The molecular formula is C31H34N4O4S. The van der Waals surface area contributed by atoms with E-state index in [2.05, 4.69) is 10.6 Å². The molecule has 0 heterocycles. The van der Waals surface area contributed by atoms with Gasteiger partial charge in [0.2, 0.25) is 0 Å². The number of thioether (sulfide) groups is 1. The summed E-state index contributed by atoms with van der Waals surface area (Å²) in [5.41, 5.74) is 4.46. The molecular weight excluding hydrogens is 524 g/mol. The van der Waals surface area contributed by atoms with E-state index in [1.165, 1.54) is 0 Å². The Morgan fingerprint density at radius 1 is 0.825 bits per heavy atom. The standard InChI is InChI=1S/C31H31N3O4S.H3N/c1-21-7-5-6-8-27(21)33-30(35)23-11-9-22(10-12-23)20-34(25-15-18-28(37-2)29(19-25)38-3)31(36)32-24-13-16-26(39-4)17-14-24;/h5-19H,20H2,1-4H3,(H,32,36)(H,33,35);1H3. The first-order valence-corrected chi connectivity index (χ1v) is 13.5. The number of benzene rings is 4. The van der Waals surface area contributed by atoms with Gasteiger partial charge in [-0.15, -0.1) is 11.8 Å². The molecule has 0 aliphatic heterocycles. The number of anilines is 3. The smallest absolute Gasteiger partial charge is 0.326 e. The van der Waals surface area contributed by atoms with Gasteiger partial charge in [-0.1, -0.05) is 30.3 Å². The summed E-state index contributed by atoms with van der Waals surface area (Å²) >= 11 is 1.64. The maximum Gasteiger partial charge on any atom is 0.326 e. The van der Waals surface area contributed by atoms with Gasteiger partial charge in [-0.05, 0) is 78.9 Å². The molecule has 5 N–H and O–H groups in total. The van der Waals surface area contributed by atoms with Crippen LogP contribution in [-0.2, 0) is 6.54 Å². The molecule has 0 aliphatic rings. The molecule has 4 aromatic carbocycles. The number of nitrogens with one attached hydrogen (secondary N) is 2. The van der Waals surface area contributed by atoms with E-state index in [-0.39, 0.29) is 24.6 Å². The van der Waals surface area contributed by atoms with Gasteiger partial charge in [0.25, 0.3) is 5.91 Å². The SMILES string of the molecule is COc1ccc(N(Cc2ccc(C(=O)Nc3ccccc3C)cc2)C(=O)Nc2ccc(SC)cc2)cc1OC.N. The molecule has 0 spiro atoms. The molecule has 0 unspecified atom stereocenters. The fraction of sp³-hybridized carbons (Fsp3) is 0.161. The van der Waals surface area contributed by atoms with Crippen molar-refractivity contribution in [2.24, 2.45) is 0 Å². The first-order valence-electron chi connectivity index (χ1n) is 12.3. The summed E-state index contributed by atoms with van der Waals surface area (Å²) in [5, 5.41) is 5.93. The molecule has 4 rings (SSSR count). The lowest BCUT2D eigenvalue weighted by molar-refractivity contribution is 0.102. The lowest BCUT2D eigenvalue weighted by atomic mass is 10.1. The minimum absolute atomic E-state index is 0. The van der Waals surface area contributed by atoms with Crippen molar-refractivity contribution < 1.29 is 19.1 Å². The van der Waals surface area contributed by atoms with Crippen molar-refractivity contribution in [3.05, 3.63) is 108 Å². The highest BCUT2D eigenvalue weighted by Gasteiger charge is 2.19. The van der Waals surface area contributed by atoms with Crippen molar-refractivity contribution in [1.29, 1.82) is 0 Å². The Hall–Kier alpha value is -4.47. The van der Waals surface area contributed by atoms with E-state index in [1.807, 2.05) is 79.9 Å². The Morgan fingerprint density at radius 2 is 1.50 bits per heavy atom. The highest BCUT2D eigenvalue weighted by Crippen LogP contribution is 2.32. The largest absolute Gasteiger partial charge is 0.493 e. The fourth-order valence-corrected chi connectivity index (χ4v) is 4.40. The monoisotopic (exact) mass is 558 g/mol. The van der Waals surface area contributed by atoms with E-state index in [0.29, 0.717) is 28.4 Å². The van der Waals surface area contributed by atoms with Gasteiger partial charge in [0.05, 0.1) is 20.8 Å². The lowest BCUT2D eigenvalue weighted by Gasteiger charge is -2.24. The Morgan fingerprint density at radius 3 is 2.12 bits per heavy atom. The third kappa shape index (κ3) is 7.34. The van der Waals surface area contributed by atoms with Crippen molar-refractivity contribution in [2.75, 3.05) is 36.0 Å². The van der Waals surface area contributed by atoms with E-state index in [1.54, 1.807) is 55.1 Å². The number of carbonyl (C=O) groups is 2. The van der Waals surface area contributed by atoms with Crippen LogP contribution in [0.15, 0.2) is 95.9 Å². The van der Waals surface area contributed by atoms with Gasteiger partial charge in [-0.3, -0.25) is 9.69 Å². The number of amides is 3. The van der Waals surface area contributed by atoms with Crippen LogP contribution >= 0.6 is 11.8 Å². The Bertz CT molecular complexity index is 1440. The molecule has 0 bridgehead atoms. The quantitative estimate of drug-likeness (QED) is 0.185. The molecule has 0 aliphatic carbocycles. The number of para-hydroxylation sites is 1. The minimum atomic E-state index is -0.305. The van der Waals surface area contributed by atoms with E-state index in [4.69, 9.17) is 9.47 Å². The van der Waals surface area contributed by atoms with Crippen molar-refractivity contribution in [3.63, 3.8) is 0 Å². The molecule has 0 saturated heterocycles. The zero-order chi connectivity index (χ0) is 27.8. The fourth-order valence-electron chi connectivity index (χ4n) is 3.99. The molecule has 0 atom stereocenters. The van der Waals surface area contributed by atoms with E-state index in [0.717, 1.165) is 21.7 Å². The highest BCUT2D eigenvalue weighted by atomic mass is 32.2.